The van der Waals surface area contributed by atoms with Crippen molar-refractivity contribution in [1.82, 2.24) is 9.21 Å². The van der Waals surface area contributed by atoms with E-state index in [1.54, 1.807) is 23.6 Å². The van der Waals surface area contributed by atoms with Crippen LogP contribution in [0.3, 0.4) is 0 Å². The highest BCUT2D eigenvalue weighted by Gasteiger charge is 2.36. The topological polar surface area (TPSA) is 101 Å². The van der Waals surface area contributed by atoms with E-state index in [0.717, 1.165) is 11.3 Å². The number of rotatable bonds is 6. The van der Waals surface area contributed by atoms with E-state index in [0.29, 0.717) is 18.4 Å². The molecule has 2 aromatic rings. The van der Waals surface area contributed by atoms with Crippen molar-refractivity contribution in [3.63, 3.8) is 0 Å². The second-order valence-corrected chi connectivity index (χ2v) is 10.0. The number of primary amides is 1. The Morgan fingerprint density at radius 1 is 1.24 bits per heavy atom. The molecule has 10 heteroatoms. The summed E-state index contributed by atoms with van der Waals surface area (Å²) in [4.78, 5) is 26.1. The predicted octanol–water partition coefficient (Wildman–Crippen LogP) is 1.97. The van der Waals surface area contributed by atoms with Crippen molar-refractivity contribution in [2.75, 3.05) is 20.1 Å². The molecule has 0 spiro atoms. The molecule has 1 aromatic heterocycles. The lowest BCUT2D eigenvalue weighted by atomic mass is 9.95. The zero-order valence-electron chi connectivity index (χ0n) is 15.8. The average Bonchev–Trinajstić information content (AvgIpc) is 3.23. The molecule has 29 heavy (non-hydrogen) atoms. The van der Waals surface area contributed by atoms with Crippen LogP contribution in [0.5, 0.6) is 0 Å². The summed E-state index contributed by atoms with van der Waals surface area (Å²) in [6, 6.07) is 7.56. The number of sulfonamides is 1. The molecule has 0 saturated carbocycles. The Hall–Kier alpha value is -2.30. The molecule has 7 nitrogen and oxygen atoms in total. The third-order valence-electron chi connectivity index (χ3n) is 5.06. The normalized spacial score (nSPS) is 17.0. The minimum absolute atomic E-state index is 0.214. The fraction of sp³-hybridized carbons (Fsp3) is 0.368. The Balaban J connectivity index is 1.70. The first kappa shape index (κ1) is 21.4. The molecule has 2 amide bonds. The standard InChI is InChI=1S/C19H22FN3O4S2/c1-22(17(18(21)24)14-4-2-5-15(20)12-14)19(25)13-7-9-23(10-8-13)29(26,27)16-6-3-11-28-16/h2-6,11-13,17H,7-10H2,1H3,(H2,21,24). The summed E-state index contributed by atoms with van der Waals surface area (Å²) in [5.74, 6) is -2.04. The first-order valence-corrected chi connectivity index (χ1v) is 11.4. The number of likely N-dealkylation sites (N-methyl/N-ethyl adjacent to an activating group) is 1. The van der Waals surface area contributed by atoms with Crippen molar-refractivity contribution in [3.8, 4) is 0 Å². The number of piperidine rings is 1. The van der Waals surface area contributed by atoms with Gasteiger partial charge in [-0.2, -0.15) is 4.31 Å². The molecule has 1 aliphatic heterocycles. The summed E-state index contributed by atoms with van der Waals surface area (Å²) in [5, 5.41) is 1.70. The van der Waals surface area contributed by atoms with Crippen LogP contribution in [-0.2, 0) is 19.6 Å². The van der Waals surface area contributed by atoms with E-state index in [2.05, 4.69) is 0 Å². The van der Waals surface area contributed by atoms with Gasteiger partial charge < -0.3 is 10.6 Å². The Labute approximate surface area is 173 Å². The van der Waals surface area contributed by atoms with Crippen LogP contribution in [0.15, 0.2) is 46.0 Å². The van der Waals surface area contributed by atoms with Gasteiger partial charge in [0.15, 0.2) is 0 Å². The van der Waals surface area contributed by atoms with Gasteiger partial charge in [0.25, 0.3) is 10.0 Å². The third-order valence-corrected chi connectivity index (χ3v) is 8.33. The molecule has 1 fully saturated rings. The summed E-state index contributed by atoms with van der Waals surface area (Å²) >= 11 is 1.15. The van der Waals surface area contributed by atoms with Gasteiger partial charge in [-0.15, -0.1) is 11.3 Å². The van der Waals surface area contributed by atoms with Gasteiger partial charge in [-0.25, -0.2) is 12.8 Å². The smallest absolute Gasteiger partial charge is 0.252 e. The summed E-state index contributed by atoms with van der Waals surface area (Å²) in [6.07, 6.45) is 0.671. The number of carbonyl (C=O) groups excluding carboxylic acids is 2. The highest BCUT2D eigenvalue weighted by atomic mass is 32.2. The van der Waals surface area contributed by atoms with Crippen molar-refractivity contribution in [2.24, 2.45) is 11.7 Å². The van der Waals surface area contributed by atoms with Crippen molar-refractivity contribution >= 4 is 33.2 Å². The number of hydrogen-bond acceptors (Lipinski definition) is 5. The fourth-order valence-corrected chi connectivity index (χ4v) is 6.17. The van der Waals surface area contributed by atoms with Gasteiger partial charge in [0.2, 0.25) is 11.8 Å². The van der Waals surface area contributed by atoms with E-state index in [9.17, 15) is 22.4 Å². The van der Waals surface area contributed by atoms with Crippen LogP contribution in [0, 0.1) is 11.7 Å². The zero-order valence-corrected chi connectivity index (χ0v) is 17.5. The SMILES string of the molecule is CN(C(=O)C1CCN(S(=O)(=O)c2cccs2)CC1)C(C(N)=O)c1cccc(F)c1. The molecule has 0 bridgehead atoms. The molecular weight excluding hydrogens is 417 g/mol. The lowest BCUT2D eigenvalue weighted by molar-refractivity contribution is -0.142. The average molecular weight is 440 g/mol. The van der Waals surface area contributed by atoms with Gasteiger partial charge in [-0.1, -0.05) is 18.2 Å². The maximum Gasteiger partial charge on any atom is 0.252 e. The Bertz CT molecular complexity index is 987. The van der Waals surface area contributed by atoms with Gasteiger partial charge in [0.1, 0.15) is 16.1 Å². The highest BCUT2D eigenvalue weighted by molar-refractivity contribution is 7.91. The van der Waals surface area contributed by atoms with E-state index in [1.165, 1.54) is 34.5 Å². The minimum atomic E-state index is -3.55. The molecule has 1 unspecified atom stereocenters. The molecule has 3 rings (SSSR count). The number of benzene rings is 1. The van der Waals surface area contributed by atoms with Crippen LogP contribution in [0.2, 0.25) is 0 Å². The number of halogens is 1. The van der Waals surface area contributed by atoms with Crippen molar-refractivity contribution < 1.29 is 22.4 Å². The van der Waals surface area contributed by atoms with Crippen molar-refractivity contribution in [1.29, 1.82) is 0 Å². The molecule has 2 N–H and O–H groups in total. The Kier molecular flexibility index (Phi) is 6.35. The third kappa shape index (κ3) is 4.49. The van der Waals surface area contributed by atoms with E-state index >= 15 is 0 Å². The van der Waals surface area contributed by atoms with Gasteiger partial charge in [-0.05, 0) is 42.0 Å². The molecule has 1 atom stereocenters. The summed E-state index contributed by atoms with van der Waals surface area (Å²) < 4.78 is 40.5. The van der Waals surface area contributed by atoms with Crippen LogP contribution in [0.1, 0.15) is 24.4 Å². The lowest BCUT2D eigenvalue weighted by Gasteiger charge is -2.34. The number of nitrogens with zero attached hydrogens (tertiary/aromatic N) is 2. The van der Waals surface area contributed by atoms with E-state index in [-0.39, 0.29) is 23.2 Å². The molecule has 2 heterocycles. The van der Waals surface area contributed by atoms with Gasteiger partial charge in [-0.3, -0.25) is 9.59 Å². The molecule has 1 aromatic carbocycles. The van der Waals surface area contributed by atoms with Gasteiger partial charge in [0.05, 0.1) is 0 Å². The van der Waals surface area contributed by atoms with Crippen LogP contribution in [-0.4, -0.2) is 49.6 Å². The first-order valence-electron chi connectivity index (χ1n) is 9.07. The summed E-state index contributed by atoms with van der Waals surface area (Å²) in [5.41, 5.74) is 5.78. The number of amides is 2. The molecule has 0 radical (unpaired) electrons. The summed E-state index contributed by atoms with van der Waals surface area (Å²) in [6.45, 7) is 0.428. The lowest BCUT2D eigenvalue weighted by Crippen LogP contribution is -2.46. The highest BCUT2D eigenvalue weighted by Crippen LogP contribution is 2.29. The van der Waals surface area contributed by atoms with Gasteiger partial charge >= 0.3 is 0 Å². The number of carbonyl (C=O) groups is 2. The van der Waals surface area contributed by atoms with Crippen LogP contribution < -0.4 is 5.73 Å². The van der Waals surface area contributed by atoms with Crippen LogP contribution in [0.4, 0.5) is 4.39 Å². The Morgan fingerprint density at radius 3 is 2.48 bits per heavy atom. The van der Waals surface area contributed by atoms with Crippen molar-refractivity contribution in [3.05, 3.63) is 53.2 Å². The predicted molar refractivity (Wildman–Crippen MR) is 107 cm³/mol. The van der Waals surface area contributed by atoms with E-state index < -0.39 is 33.7 Å². The molecule has 156 valence electrons. The molecule has 1 saturated heterocycles. The maximum absolute atomic E-state index is 13.6. The summed E-state index contributed by atoms with van der Waals surface area (Å²) in [7, 11) is -2.10. The Morgan fingerprint density at radius 2 is 1.93 bits per heavy atom. The number of nitrogens with two attached hydrogens (primary N) is 1. The van der Waals surface area contributed by atoms with Crippen LogP contribution >= 0.6 is 11.3 Å². The first-order chi connectivity index (χ1) is 13.7. The van der Waals surface area contributed by atoms with Gasteiger partial charge in [0, 0.05) is 26.1 Å². The van der Waals surface area contributed by atoms with Crippen LogP contribution in [0.25, 0.3) is 0 Å². The van der Waals surface area contributed by atoms with E-state index in [1.807, 2.05) is 0 Å². The zero-order chi connectivity index (χ0) is 21.2. The minimum Gasteiger partial charge on any atom is -0.368 e. The second kappa shape index (κ2) is 8.60. The van der Waals surface area contributed by atoms with E-state index in [4.69, 9.17) is 5.73 Å². The quantitative estimate of drug-likeness (QED) is 0.744. The molecule has 0 aliphatic carbocycles. The maximum atomic E-state index is 13.6. The largest absolute Gasteiger partial charge is 0.368 e. The monoisotopic (exact) mass is 439 g/mol. The molecular formula is C19H22FN3O4S2. The number of thiophene rings is 1. The second-order valence-electron chi connectivity index (χ2n) is 6.92. The molecule has 1 aliphatic rings. The fourth-order valence-electron chi connectivity index (χ4n) is 3.55. The number of hydrogen-bond donors (Lipinski definition) is 1. The van der Waals surface area contributed by atoms with Crippen molar-refractivity contribution in [2.45, 2.75) is 23.1 Å².